The highest BCUT2D eigenvalue weighted by Crippen LogP contribution is 2.25. The molecular formula is C28H39N3O5. The average molecular weight is 498 g/mol. The van der Waals surface area contributed by atoms with E-state index in [-0.39, 0.29) is 29.6 Å². The van der Waals surface area contributed by atoms with Crippen LogP contribution in [-0.4, -0.2) is 59.6 Å². The van der Waals surface area contributed by atoms with Gasteiger partial charge in [0.2, 0.25) is 5.91 Å². The second-order valence-corrected chi connectivity index (χ2v) is 11.4. The maximum atomic E-state index is 13.1. The van der Waals surface area contributed by atoms with Crippen LogP contribution < -0.4 is 10.9 Å². The summed E-state index contributed by atoms with van der Waals surface area (Å²) < 4.78 is 11.0. The Labute approximate surface area is 213 Å². The average Bonchev–Trinajstić information content (AvgIpc) is 2.79. The standard InChI is InChI=1S/C28H39N3O5/c1-18-12-23-21(14-25(32)35-24(23)13-19(18)2)15-30-10-7-9-22(17-30)29-26(33)20-8-6-11-31(16-20)27(34)36-28(3,4)5/h12-14,20,22H,6-11,15-17H2,1-5H3,(H,29,33)/t20-,22-/m0/s1. The van der Waals surface area contributed by atoms with Gasteiger partial charge in [0, 0.05) is 43.7 Å². The maximum absolute atomic E-state index is 13.1. The Morgan fingerprint density at radius 3 is 2.53 bits per heavy atom. The van der Waals surface area contributed by atoms with E-state index in [1.165, 1.54) is 0 Å². The molecule has 0 radical (unpaired) electrons. The molecule has 8 nitrogen and oxygen atoms in total. The third-order valence-electron chi connectivity index (χ3n) is 7.13. The number of fused-ring (bicyclic) bond motifs is 1. The van der Waals surface area contributed by atoms with Gasteiger partial charge in [-0.25, -0.2) is 9.59 Å². The van der Waals surface area contributed by atoms with E-state index in [0.717, 1.165) is 60.8 Å². The van der Waals surface area contributed by atoms with Crippen LogP contribution in [0.4, 0.5) is 4.79 Å². The monoisotopic (exact) mass is 497 g/mol. The summed E-state index contributed by atoms with van der Waals surface area (Å²) in [6.07, 6.45) is 3.09. The number of rotatable bonds is 4. The fourth-order valence-electron chi connectivity index (χ4n) is 5.17. The van der Waals surface area contributed by atoms with Crippen LogP contribution in [0.3, 0.4) is 0 Å². The molecule has 2 aliphatic heterocycles. The summed E-state index contributed by atoms with van der Waals surface area (Å²) in [6.45, 7) is 12.9. The van der Waals surface area contributed by atoms with Crippen molar-refractivity contribution in [3.8, 4) is 0 Å². The van der Waals surface area contributed by atoms with E-state index in [2.05, 4.69) is 23.2 Å². The van der Waals surface area contributed by atoms with Gasteiger partial charge in [-0.05, 0) is 95.7 Å². The van der Waals surface area contributed by atoms with Crippen molar-refractivity contribution in [1.82, 2.24) is 15.1 Å². The van der Waals surface area contributed by atoms with Gasteiger partial charge in [0.25, 0.3) is 0 Å². The first kappa shape index (κ1) is 26.2. The summed E-state index contributed by atoms with van der Waals surface area (Å²) in [7, 11) is 0. The lowest BCUT2D eigenvalue weighted by Crippen LogP contribution is -2.52. The Kier molecular flexibility index (Phi) is 7.73. The van der Waals surface area contributed by atoms with Crippen molar-refractivity contribution < 1.29 is 18.7 Å². The molecule has 0 bridgehead atoms. The van der Waals surface area contributed by atoms with E-state index in [4.69, 9.17) is 9.15 Å². The Hall–Kier alpha value is -2.87. The Bertz CT molecular complexity index is 1180. The minimum Gasteiger partial charge on any atom is -0.444 e. The molecule has 2 aliphatic rings. The molecule has 196 valence electrons. The van der Waals surface area contributed by atoms with Crippen molar-refractivity contribution in [3.05, 3.63) is 45.3 Å². The van der Waals surface area contributed by atoms with Crippen molar-refractivity contribution in [3.63, 3.8) is 0 Å². The first-order valence-corrected chi connectivity index (χ1v) is 13.0. The highest BCUT2D eigenvalue weighted by molar-refractivity contribution is 5.82. The number of carbonyl (C=O) groups is 2. The SMILES string of the molecule is Cc1cc2oc(=O)cc(CN3CCC[C@H](NC(=O)[C@H]4CCCN(C(=O)OC(C)(C)C)C4)C3)c2cc1C. The predicted molar refractivity (Wildman–Crippen MR) is 139 cm³/mol. The molecule has 4 rings (SSSR count). The summed E-state index contributed by atoms with van der Waals surface area (Å²) in [5.74, 6) is -0.220. The highest BCUT2D eigenvalue weighted by atomic mass is 16.6. The summed E-state index contributed by atoms with van der Waals surface area (Å²) >= 11 is 0. The molecule has 36 heavy (non-hydrogen) atoms. The van der Waals surface area contributed by atoms with Crippen LogP contribution in [0.1, 0.15) is 63.1 Å². The molecule has 0 aliphatic carbocycles. The van der Waals surface area contributed by atoms with Gasteiger partial charge >= 0.3 is 11.7 Å². The van der Waals surface area contributed by atoms with Gasteiger partial charge in [0.05, 0.1) is 5.92 Å². The van der Waals surface area contributed by atoms with Gasteiger partial charge in [0.15, 0.2) is 0 Å². The molecule has 8 heteroatoms. The lowest BCUT2D eigenvalue weighted by molar-refractivity contribution is -0.127. The topological polar surface area (TPSA) is 92.1 Å². The number of hydrogen-bond acceptors (Lipinski definition) is 6. The zero-order chi connectivity index (χ0) is 26.0. The molecule has 2 aromatic rings. The number of hydrogen-bond donors (Lipinski definition) is 1. The molecule has 1 aromatic heterocycles. The van der Waals surface area contributed by atoms with Crippen LogP contribution in [0.25, 0.3) is 11.0 Å². The van der Waals surface area contributed by atoms with Crippen LogP contribution in [0.2, 0.25) is 0 Å². The van der Waals surface area contributed by atoms with Crippen molar-refractivity contribution in [2.24, 2.45) is 5.92 Å². The summed E-state index contributed by atoms with van der Waals surface area (Å²) in [6, 6.07) is 5.65. The number of aryl methyl sites for hydroxylation is 2. The van der Waals surface area contributed by atoms with Crippen LogP contribution >= 0.6 is 0 Å². The first-order valence-electron chi connectivity index (χ1n) is 13.0. The smallest absolute Gasteiger partial charge is 0.410 e. The van der Waals surface area contributed by atoms with Gasteiger partial charge in [-0.1, -0.05) is 0 Å². The number of ether oxygens (including phenoxy) is 1. The summed E-state index contributed by atoms with van der Waals surface area (Å²) in [5.41, 5.74) is 2.94. The third-order valence-corrected chi connectivity index (χ3v) is 7.13. The van der Waals surface area contributed by atoms with Crippen LogP contribution in [0, 0.1) is 19.8 Å². The molecular weight excluding hydrogens is 458 g/mol. The van der Waals surface area contributed by atoms with Gasteiger partial charge < -0.3 is 19.4 Å². The highest BCUT2D eigenvalue weighted by Gasteiger charge is 2.32. The van der Waals surface area contributed by atoms with Crippen molar-refractivity contribution >= 4 is 23.0 Å². The molecule has 1 N–H and O–H groups in total. The van der Waals surface area contributed by atoms with Crippen molar-refractivity contribution in [2.45, 2.75) is 78.5 Å². The summed E-state index contributed by atoms with van der Waals surface area (Å²) in [4.78, 5) is 41.7. The van der Waals surface area contributed by atoms with Crippen LogP contribution in [-0.2, 0) is 16.1 Å². The molecule has 2 fully saturated rings. The number of likely N-dealkylation sites (tertiary alicyclic amines) is 2. The molecule has 1 aromatic carbocycles. The molecule has 2 amide bonds. The molecule has 2 atom stereocenters. The lowest BCUT2D eigenvalue weighted by Gasteiger charge is -2.36. The number of piperidine rings is 2. The molecule has 0 saturated carbocycles. The quantitative estimate of drug-likeness (QED) is 0.639. The molecule has 0 unspecified atom stereocenters. The minimum absolute atomic E-state index is 0.00649. The Balaban J connectivity index is 1.38. The van der Waals surface area contributed by atoms with Crippen molar-refractivity contribution in [1.29, 1.82) is 0 Å². The number of nitrogens with one attached hydrogen (secondary N) is 1. The van der Waals surface area contributed by atoms with E-state index in [1.807, 2.05) is 33.8 Å². The fraction of sp³-hybridized carbons (Fsp3) is 0.607. The number of carbonyl (C=O) groups excluding carboxylic acids is 2. The number of nitrogens with zero attached hydrogens (tertiary/aromatic N) is 2. The summed E-state index contributed by atoms with van der Waals surface area (Å²) in [5, 5.41) is 4.20. The molecule has 3 heterocycles. The van der Waals surface area contributed by atoms with Crippen LogP contribution in [0.5, 0.6) is 0 Å². The maximum Gasteiger partial charge on any atom is 0.410 e. The Morgan fingerprint density at radius 1 is 1.06 bits per heavy atom. The largest absolute Gasteiger partial charge is 0.444 e. The second-order valence-electron chi connectivity index (χ2n) is 11.4. The van der Waals surface area contributed by atoms with E-state index < -0.39 is 5.60 Å². The number of amides is 2. The lowest BCUT2D eigenvalue weighted by atomic mass is 9.96. The number of benzene rings is 1. The molecule has 0 spiro atoms. The van der Waals surface area contributed by atoms with Gasteiger partial charge in [-0.2, -0.15) is 0 Å². The van der Waals surface area contributed by atoms with Gasteiger partial charge in [-0.15, -0.1) is 0 Å². The van der Waals surface area contributed by atoms with E-state index in [9.17, 15) is 14.4 Å². The second kappa shape index (κ2) is 10.6. The first-order chi connectivity index (χ1) is 17.0. The van der Waals surface area contributed by atoms with Gasteiger partial charge in [-0.3, -0.25) is 9.69 Å². The molecule has 2 saturated heterocycles. The van der Waals surface area contributed by atoms with E-state index in [1.54, 1.807) is 11.0 Å². The fourth-order valence-corrected chi connectivity index (χ4v) is 5.17. The van der Waals surface area contributed by atoms with E-state index in [0.29, 0.717) is 25.2 Å². The zero-order valence-corrected chi connectivity index (χ0v) is 22.2. The third kappa shape index (κ3) is 6.46. The minimum atomic E-state index is -0.555. The zero-order valence-electron chi connectivity index (χ0n) is 22.2. The van der Waals surface area contributed by atoms with Crippen LogP contribution in [0.15, 0.2) is 27.4 Å². The van der Waals surface area contributed by atoms with Crippen molar-refractivity contribution in [2.75, 3.05) is 26.2 Å². The van der Waals surface area contributed by atoms with E-state index >= 15 is 0 Å². The Morgan fingerprint density at radius 2 is 1.78 bits per heavy atom. The predicted octanol–water partition coefficient (Wildman–Crippen LogP) is 4.14. The normalized spacial score (nSPS) is 21.4. The van der Waals surface area contributed by atoms with Gasteiger partial charge in [0.1, 0.15) is 11.2 Å².